The van der Waals surface area contributed by atoms with Crippen molar-refractivity contribution < 1.29 is 14.4 Å². The van der Waals surface area contributed by atoms with Gasteiger partial charge in [0.15, 0.2) is 0 Å². The third-order valence-electron chi connectivity index (χ3n) is 4.77. The number of carbonyl (C=O) groups is 3. The van der Waals surface area contributed by atoms with Crippen molar-refractivity contribution in [1.29, 1.82) is 0 Å². The maximum atomic E-state index is 12.2. The van der Waals surface area contributed by atoms with Gasteiger partial charge in [0, 0.05) is 27.2 Å². The molecule has 1 aromatic carbocycles. The summed E-state index contributed by atoms with van der Waals surface area (Å²) >= 11 is 0. The quantitative estimate of drug-likeness (QED) is 0.706. The van der Waals surface area contributed by atoms with Crippen molar-refractivity contribution in [2.75, 3.05) is 6.54 Å². The molecule has 0 bridgehead atoms. The van der Waals surface area contributed by atoms with E-state index in [2.05, 4.69) is 10.6 Å². The van der Waals surface area contributed by atoms with Gasteiger partial charge in [-0.25, -0.2) is 9.59 Å². The number of urea groups is 1. The highest BCUT2D eigenvalue weighted by atomic mass is 16.2. The van der Waals surface area contributed by atoms with Gasteiger partial charge < -0.3 is 10.6 Å². The van der Waals surface area contributed by atoms with Crippen LogP contribution >= 0.6 is 0 Å². The van der Waals surface area contributed by atoms with Crippen molar-refractivity contribution in [3.63, 3.8) is 0 Å². The van der Waals surface area contributed by atoms with E-state index in [0.29, 0.717) is 13.0 Å². The number of aromatic nitrogens is 2. The summed E-state index contributed by atoms with van der Waals surface area (Å²) in [6, 6.07) is 4.26. The molecule has 9 nitrogen and oxygen atoms in total. The first-order valence-electron chi connectivity index (χ1n) is 8.86. The number of imide groups is 1. The molecular weight excluding hydrogens is 350 g/mol. The van der Waals surface area contributed by atoms with Crippen molar-refractivity contribution in [2.45, 2.75) is 32.4 Å². The number of fused-ring (bicyclic) bond motifs is 1. The van der Waals surface area contributed by atoms with Gasteiger partial charge in [-0.05, 0) is 24.1 Å². The first kappa shape index (κ1) is 18.7. The van der Waals surface area contributed by atoms with E-state index in [1.54, 1.807) is 23.2 Å². The summed E-state index contributed by atoms with van der Waals surface area (Å²) in [6.45, 7) is 2.49. The van der Waals surface area contributed by atoms with Crippen molar-refractivity contribution in [2.24, 2.45) is 14.1 Å². The number of hydrogen-bond acceptors (Lipinski definition) is 4. The summed E-state index contributed by atoms with van der Waals surface area (Å²) in [7, 11) is 3.41. The largest absolute Gasteiger partial charge is 0.352 e. The lowest BCUT2D eigenvalue weighted by Crippen LogP contribution is -2.36. The lowest BCUT2D eigenvalue weighted by Gasteiger charge is -2.11. The van der Waals surface area contributed by atoms with Gasteiger partial charge in [0.2, 0.25) is 5.91 Å². The van der Waals surface area contributed by atoms with Crippen molar-refractivity contribution in [3.8, 4) is 0 Å². The van der Waals surface area contributed by atoms with Gasteiger partial charge in [-0.2, -0.15) is 0 Å². The molecule has 1 unspecified atom stereocenters. The minimum atomic E-state index is -0.818. The molecule has 2 heterocycles. The number of carbonyl (C=O) groups excluding carboxylic acids is 3. The molecule has 0 aliphatic carbocycles. The zero-order valence-electron chi connectivity index (χ0n) is 15.6. The Labute approximate surface area is 155 Å². The number of nitrogens with one attached hydrogen (secondary N) is 2. The molecule has 0 spiro atoms. The normalized spacial score (nSPS) is 16.9. The van der Waals surface area contributed by atoms with E-state index < -0.39 is 12.1 Å². The zero-order valence-corrected chi connectivity index (χ0v) is 15.6. The first-order chi connectivity index (χ1) is 12.8. The van der Waals surface area contributed by atoms with Gasteiger partial charge in [-0.3, -0.25) is 23.6 Å². The lowest BCUT2D eigenvalue weighted by molar-refractivity contribution is -0.130. The average molecular weight is 373 g/mol. The smallest absolute Gasteiger partial charge is 0.328 e. The number of aryl methyl sites for hydroxylation is 2. The summed E-state index contributed by atoms with van der Waals surface area (Å²) in [5.41, 5.74) is 2.32. The molecule has 1 aliphatic rings. The second-order valence-electron chi connectivity index (χ2n) is 6.70. The van der Waals surface area contributed by atoms with E-state index in [-0.39, 0.29) is 30.5 Å². The molecular formula is C18H23N5O4. The fraction of sp³-hybridized carbons (Fsp3) is 0.444. The van der Waals surface area contributed by atoms with Crippen LogP contribution in [-0.2, 0) is 30.2 Å². The van der Waals surface area contributed by atoms with Crippen molar-refractivity contribution in [1.82, 2.24) is 24.7 Å². The van der Waals surface area contributed by atoms with Crippen LogP contribution in [0.2, 0.25) is 0 Å². The van der Waals surface area contributed by atoms with Gasteiger partial charge in [0.25, 0.3) is 5.91 Å². The van der Waals surface area contributed by atoms with E-state index in [1.807, 2.05) is 25.1 Å². The molecule has 9 heteroatoms. The summed E-state index contributed by atoms with van der Waals surface area (Å²) in [6.07, 6.45) is 0.569. The number of amides is 4. The molecule has 2 aromatic rings. The summed E-state index contributed by atoms with van der Waals surface area (Å²) in [5.74, 6) is -0.688. The Hall–Kier alpha value is -3.10. The third-order valence-corrected chi connectivity index (χ3v) is 4.77. The highest BCUT2D eigenvalue weighted by molar-refractivity contribution is 6.05. The van der Waals surface area contributed by atoms with Crippen molar-refractivity contribution >= 4 is 28.9 Å². The van der Waals surface area contributed by atoms with Gasteiger partial charge in [0.05, 0.1) is 17.5 Å². The number of rotatable bonds is 6. The standard InChI is InChI=1S/C18H23N5O4/c1-4-7-23-16(25)12(20-17(23)26)9-15(24)19-10-11-5-6-13-14(8-11)22(3)18(27)21(13)2/h5-6,8,12H,4,7,9-10H2,1-3H3,(H,19,24)(H,20,26). The predicted molar refractivity (Wildman–Crippen MR) is 98.9 cm³/mol. The van der Waals surface area contributed by atoms with Gasteiger partial charge in [-0.1, -0.05) is 13.0 Å². The summed E-state index contributed by atoms with van der Waals surface area (Å²) in [5, 5.41) is 5.30. The monoisotopic (exact) mass is 373 g/mol. The second kappa shape index (κ2) is 7.26. The summed E-state index contributed by atoms with van der Waals surface area (Å²) in [4.78, 5) is 49.2. The lowest BCUT2D eigenvalue weighted by atomic mass is 10.1. The Morgan fingerprint density at radius 2 is 1.85 bits per heavy atom. The van der Waals surface area contributed by atoms with Crippen molar-refractivity contribution in [3.05, 3.63) is 34.2 Å². The molecule has 1 atom stereocenters. The molecule has 1 saturated heterocycles. The molecule has 4 amide bonds. The topological polar surface area (TPSA) is 105 Å². The molecule has 27 heavy (non-hydrogen) atoms. The van der Waals surface area contributed by atoms with Gasteiger partial charge in [0.1, 0.15) is 6.04 Å². The van der Waals surface area contributed by atoms with Crippen LogP contribution in [0.1, 0.15) is 25.3 Å². The highest BCUT2D eigenvalue weighted by Gasteiger charge is 2.38. The van der Waals surface area contributed by atoms with E-state index in [1.165, 1.54) is 0 Å². The molecule has 1 aromatic heterocycles. The molecule has 1 aliphatic heterocycles. The van der Waals surface area contributed by atoms with Crippen LogP contribution < -0.4 is 16.3 Å². The van der Waals surface area contributed by atoms with Crippen LogP contribution in [0.15, 0.2) is 23.0 Å². The maximum Gasteiger partial charge on any atom is 0.328 e. The fourth-order valence-electron chi connectivity index (χ4n) is 3.27. The SMILES string of the molecule is CCCN1C(=O)NC(CC(=O)NCc2ccc3c(c2)n(C)c(=O)n3C)C1=O. The van der Waals surface area contributed by atoms with Crippen LogP contribution in [0.4, 0.5) is 4.79 Å². The molecule has 2 N–H and O–H groups in total. The van der Waals surface area contributed by atoms with E-state index in [0.717, 1.165) is 21.5 Å². The number of hydrogen-bond donors (Lipinski definition) is 2. The van der Waals surface area contributed by atoms with Crippen LogP contribution in [0, 0.1) is 0 Å². The Kier molecular flexibility index (Phi) is 5.02. The predicted octanol–water partition coefficient (Wildman–Crippen LogP) is 0.214. The van der Waals surface area contributed by atoms with E-state index >= 15 is 0 Å². The highest BCUT2D eigenvalue weighted by Crippen LogP contribution is 2.14. The Balaban J connectivity index is 1.62. The minimum absolute atomic E-state index is 0.100. The van der Waals surface area contributed by atoms with Crippen LogP contribution in [0.3, 0.4) is 0 Å². The van der Waals surface area contributed by atoms with Gasteiger partial charge >= 0.3 is 11.7 Å². The number of benzene rings is 1. The zero-order chi connectivity index (χ0) is 19.7. The molecule has 0 saturated carbocycles. The van der Waals surface area contributed by atoms with Crippen LogP contribution in [-0.4, -0.2) is 44.5 Å². The first-order valence-corrected chi connectivity index (χ1v) is 8.86. The number of imidazole rings is 1. The Morgan fingerprint density at radius 1 is 1.15 bits per heavy atom. The molecule has 1 fully saturated rings. The fourth-order valence-corrected chi connectivity index (χ4v) is 3.27. The molecule has 0 radical (unpaired) electrons. The maximum absolute atomic E-state index is 12.2. The molecule has 3 rings (SSSR count). The Bertz CT molecular complexity index is 974. The van der Waals surface area contributed by atoms with E-state index in [4.69, 9.17) is 0 Å². The van der Waals surface area contributed by atoms with E-state index in [9.17, 15) is 19.2 Å². The van der Waals surface area contributed by atoms with Crippen LogP contribution in [0.25, 0.3) is 11.0 Å². The van der Waals surface area contributed by atoms with Gasteiger partial charge in [-0.15, -0.1) is 0 Å². The second-order valence-corrected chi connectivity index (χ2v) is 6.70. The number of nitrogens with zero attached hydrogens (tertiary/aromatic N) is 3. The third kappa shape index (κ3) is 3.44. The Morgan fingerprint density at radius 3 is 2.56 bits per heavy atom. The minimum Gasteiger partial charge on any atom is -0.352 e. The van der Waals surface area contributed by atoms with Crippen LogP contribution in [0.5, 0.6) is 0 Å². The summed E-state index contributed by atoms with van der Waals surface area (Å²) < 4.78 is 3.11. The molecule has 144 valence electrons. The average Bonchev–Trinajstić information content (AvgIpc) is 3.03.